The van der Waals surface area contributed by atoms with Crippen molar-refractivity contribution >= 4 is 11.5 Å². The zero-order valence-electron chi connectivity index (χ0n) is 12.8. The van der Waals surface area contributed by atoms with E-state index in [2.05, 4.69) is 28.7 Å². The molecule has 5 nitrogen and oxygen atoms in total. The monoisotopic (exact) mass is 286 g/mol. The summed E-state index contributed by atoms with van der Waals surface area (Å²) in [5.41, 5.74) is 7.90. The van der Waals surface area contributed by atoms with Crippen LogP contribution < -0.4 is 15.4 Å². The Balaban J connectivity index is 2.27. The lowest BCUT2D eigenvalue weighted by Gasteiger charge is -2.28. The second kappa shape index (κ2) is 6.92. The molecule has 2 N–H and O–H groups in total. The summed E-state index contributed by atoms with van der Waals surface area (Å²) in [4.78, 5) is 10.9. The van der Waals surface area contributed by atoms with Crippen LogP contribution in [0.3, 0.4) is 0 Å². The number of aromatic nitrogens is 2. The summed E-state index contributed by atoms with van der Waals surface area (Å²) in [6.45, 7) is 7.43. The number of rotatable bonds is 6. The number of para-hydroxylation sites is 1. The summed E-state index contributed by atoms with van der Waals surface area (Å²) in [5, 5.41) is 0. The highest BCUT2D eigenvalue weighted by Gasteiger charge is 2.15. The van der Waals surface area contributed by atoms with Crippen molar-refractivity contribution in [3.8, 4) is 5.88 Å². The van der Waals surface area contributed by atoms with Crippen LogP contribution in [0.1, 0.15) is 26.3 Å². The highest BCUT2D eigenvalue weighted by Crippen LogP contribution is 2.21. The van der Waals surface area contributed by atoms with Crippen LogP contribution >= 0.6 is 0 Å². The summed E-state index contributed by atoms with van der Waals surface area (Å²) in [6.07, 6.45) is 3.38. The van der Waals surface area contributed by atoms with E-state index in [-0.39, 0.29) is 6.04 Å². The molecule has 0 aliphatic carbocycles. The van der Waals surface area contributed by atoms with Crippen molar-refractivity contribution in [2.75, 3.05) is 17.2 Å². The van der Waals surface area contributed by atoms with E-state index in [9.17, 15) is 0 Å². The van der Waals surface area contributed by atoms with Gasteiger partial charge in [-0.1, -0.05) is 18.2 Å². The summed E-state index contributed by atoms with van der Waals surface area (Å²) in [6, 6.07) is 8.15. The minimum Gasteiger partial charge on any atom is -0.477 e. The zero-order chi connectivity index (χ0) is 15.2. The van der Waals surface area contributed by atoms with Crippen molar-refractivity contribution in [2.24, 2.45) is 0 Å². The van der Waals surface area contributed by atoms with Gasteiger partial charge in [-0.05, 0) is 32.4 Å². The van der Waals surface area contributed by atoms with Gasteiger partial charge in [0.15, 0.2) is 5.82 Å². The Hall–Kier alpha value is -2.30. The van der Waals surface area contributed by atoms with E-state index in [1.807, 2.05) is 31.2 Å². The van der Waals surface area contributed by atoms with Gasteiger partial charge in [-0.15, -0.1) is 0 Å². The minimum atomic E-state index is 0.274. The number of benzene rings is 1. The molecular weight excluding hydrogens is 264 g/mol. The molecule has 1 aromatic carbocycles. The second-order valence-electron chi connectivity index (χ2n) is 5.07. The fraction of sp³-hybridized carbons (Fsp3) is 0.375. The third-order valence-corrected chi connectivity index (χ3v) is 3.21. The highest BCUT2D eigenvalue weighted by atomic mass is 16.5. The van der Waals surface area contributed by atoms with E-state index in [1.54, 1.807) is 12.4 Å². The zero-order valence-corrected chi connectivity index (χ0v) is 12.8. The average molecular weight is 286 g/mol. The van der Waals surface area contributed by atoms with Crippen LogP contribution in [0, 0.1) is 0 Å². The Labute approximate surface area is 125 Å². The van der Waals surface area contributed by atoms with Gasteiger partial charge in [0.25, 0.3) is 0 Å². The molecule has 0 bridgehead atoms. The average Bonchev–Trinajstić information content (AvgIpc) is 2.46. The largest absolute Gasteiger partial charge is 0.477 e. The predicted octanol–water partition coefficient (Wildman–Crippen LogP) is 2.87. The molecule has 112 valence electrons. The Kier molecular flexibility index (Phi) is 4.98. The molecule has 0 amide bonds. The number of ether oxygens (including phenoxy) is 1. The van der Waals surface area contributed by atoms with Crippen molar-refractivity contribution in [3.05, 3.63) is 42.2 Å². The molecule has 0 fully saturated rings. The molecule has 5 heteroatoms. The van der Waals surface area contributed by atoms with Crippen molar-refractivity contribution in [3.63, 3.8) is 0 Å². The second-order valence-corrected chi connectivity index (χ2v) is 5.07. The first-order chi connectivity index (χ1) is 10.1. The number of nitrogens with zero attached hydrogens (tertiary/aromatic N) is 3. The van der Waals surface area contributed by atoms with E-state index in [0.29, 0.717) is 19.0 Å². The van der Waals surface area contributed by atoms with Crippen LogP contribution in [0.2, 0.25) is 0 Å². The molecule has 0 saturated heterocycles. The van der Waals surface area contributed by atoms with Crippen LogP contribution in [0.25, 0.3) is 0 Å². The van der Waals surface area contributed by atoms with Gasteiger partial charge < -0.3 is 15.4 Å². The smallest absolute Gasteiger partial charge is 0.234 e. The standard InChI is InChI=1S/C16H22N4O/c1-4-21-16-10-18-9-15(19-16)20(12(2)3)11-13-7-5-6-8-14(13)17/h5-10,12H,4,11,17H2,1-3H3. The van der Waals surface area contributed by atoms with E-state index in [1.165, 1.54) is 0 Å². The molecule has 21 heavy (non-hydrogen) atoms. The van der Waals surface area contributed by atoms with Crippen molar-refractivity contribution in [2.45, 2.75) is 33.4 Å². The molecule has 1 heterocycles. The molecule has 1 aromatic heterocycles. The highest BCUT2D eigenvalue weighted by molar-refractivity contribution is 5.49. The van der Waals surface area contributed by atoms with Crippen LogP contribution in [-0.2, 0) is 6.54 Å². The van der Waals surface area contributed by atoms with Crippen molar-refractivity contribution in [1.29, 1.82) is 0 Å². The first kappa shape index (κ1) is 15.1. The molecule has 0 saturated carbocycles. The fourth-order valence-corrected chi connectivity index (χ4v) is 2.08. The number of nitrogen functional groups attached to an aromatic ring is 1. The van der Waals surface area contributed by atoms with E-state index in [4.69, 9.17) is 10.5 Å². The van der Waals surface area contributed by atoms with E-state index in [0.717, 1.165) is 17.1 Å². The summed E-state index contributed by atoms with van der Waals surface area (Å²) < 4.78 is 5.43. The Morgan fingerprint density at radius 3 is 2.67 bits per heavy atom. The van der Waals surface area contributed by atoms with Crippen LogP contribution in [-0.4, -0.2) is 22.6 Å². The third-order valence-electron chi connectivity index (χ3n) is 3.21. The van der Waals surface area contributed by atoms with Crippen LogP contribution in [0.5, 0.6) is 5.88 Å². The quantitative estimate of drug-likeness (QED) is 0.827. The van der Waals surface area contributed by atoms with Crippen molar-refractivity contribution in [1.82, 2.24) is 9.97 Å². The Bertz CT molecular complexity index is 586. The van der Waals surface area contributed by atoms with Crippen LogP contribution in [0.15, 0.2) is 36.7 Å². The lowest BCUT2D eigenvalue weighted by atomic mass is 10.1. The SMILES string of the molecule is CCOc1cncc(N(Cc2ccccc2N)C(C)C)n1. The van der Waals surface area contributed by atoms with Gasteiger partial charge in [0.1, 0.15) is 0 Å². The van der Waals surface area contributed by atoms with E-state index < -0.39 is 0 Å². The number of hydrogen-bond donors (Lipinski definition) is 1. The van der Waals surface area contributed by atoms with Gasteiger partial charge in [0, 0.05) is 18.3 Å². The predicted molar refractivity (Wildman–Crippen MR) is 85.4 cm³/mol. The van der Waals surface area contributed by atoms with Gasteiger partial charge in [0.2, 0.25) is 5.88 Å². The van der Waals surface area contributed by atoms with Crippen molar-refractivity contribution < 1.29 is 4.74 Å². The topological polar surface area (TPSA) is 64.3 Å². The first-order valence-electron chi connectivity index (χ1n) is 7.16. The van der Waals surface area contributed by atoms with Gasteiger partial charge in [0.05, 0.1) is 19.0 Å². The molecule has 0 aliphatic rings. The van der Waals surface area contributed by atoms with Gasteiger partial charge in [-0.2, -0.15) is 4.98 Å². The Morgan fingerprint density at radius 1 is 1.24 bits per heavy atom. The maximum absolute atomic E-state index is 6.04. The normalized spacial score (nSPS) is 10.7. The molecule has 2 aromatic rings. The van der Waals surface area contributed by atoms with Gasteiger partial charge >= 0.3 is 0 Å². The third kappa shape index (κ3) is 3.84. The van der Waals surface area contributed by atoms with Gasteiger partial charge in [-0.25, -0.2) is 0 Å². The first-order valence-corrected chi connectivity index (χ1v) is 7.16. The van der Waals surface area contributed by atoms with Crippen LogP contribution in [0.4, 0.5) is 11.5 Å². The maximum Gasteiger partial charge on any atom is 0.234 e. The molecule has 0 aliphatic heterocycles. The number of hydrogen-bond acceptors (Lipinski definition) is 5. The Morgan fingerprint density at radius 2 is 2.00 bits per heavy atom. The fourth-order valence-electron chi connectivity index (χ4n) is 2.08. The lowest BCUT2D eigenvalue weighted by molar-refractivity contribution is 0.325. The molecular formula is C16H22N4O. The molecule has 0 unspecified atom stereocenters. The van der Waals surface area contributed by atoms with E-state index >= 15 is 0 Å². The summed E-state index contributed by atoms with van der Waals surface area (Å²) in [5.74, 6) is 1.33. The molecule has 2 rings (SSSR count). The summed E-state index contributed by atoms with van der Waals surface area (Å²) >= 11 is 0. The number of anilines is 2. The lowest BCUT2D eigenvalue weighted by Crippen LogP contribution is -2.31. The van der Waals surface area contributed by atoms with Gasteiger partial charge in [-0.3, -0.25) is 4.98 Å². The minimum absolute atomic E-state index is 0.274. The summed E-state index contributed by atoms with van der Waals surface area (Å²) in [7, 11) is 0. The maximum atomic E-state index is 6.04. The molecule has 0 spiro atoms. The molecule has 0 radical (unpaired) electrons. The molecule has 0 atom stereocenters. The number of nitrogens with two attached hydrogens (primary N) is 1.